The number of fused-ring (bicyclic) bond motifs is 1. The molecule has 0 aliphatic carbocycles. The van der Waals surface area contributed by atoms with Crippen LogP contribution in [0, 0.1) is 11.8 Å². The van der Waals surface area contributed by atoms with Gasteiger partial charge in [-0.3, -0.25) is 0 Å². The van der Waals surface area contributed by atoms with Gasteiger partial charge < -0.3 is 19.6 Å². The predicted molar refractivity (Wildman–Crippen MR) is 94.7 cm³/mol. The van der Waals surface area contributed by atoms with Gasteiger partial charge in [-0.25, -0.2) is 9.59 Å². The normalized spacial score (nSPS) is 10.0. The molecule has 130 valence electrons. The lowest BCUT2D eigenvalue weighted by Gasteiger charge is -2.04. The van der Waals surface area contributed by atoms with Crippen molar-refractivity contribution in [2.24, 2.45) is 0 Å². The van der Waals surface area contributed by atoms with E-state index in [9.17, 15) is 9.59 Å². The number of benzene rings is 2. The summed E-state index contributed by atoms with van der Waals surface area (Å²) in [6.45, 7) is 0.334. The van der Waals surface area contributed by atoms with E-state index in [1.54, 1.807) is 18.2 Å². The molecule has 0 aliphatic heterocycles. The quantitative estimate of drug-likeness (QED) is 0.705. The molecule has 6 nitrogen and oxygen atoms in total. The van der Waals surface area contributed by atoms with Gasteiger partial charge in [0.25, 0.3) is 0 Å². The highest BCUT2D eigenvalue weighted by Gasteiger charge is 2.10. The summed E-state index contributed by atoms with van der Waals surface area (Å²) in [6.07, 6.45) is -0.542. The highest BCUT2D eigenvalue weighted by molar-refractivity contribution is 5.91. The first-order valence-electron chi connectivity index (χ1n) is 7.82. The highest BCUT2D eigenvalue weighted by atomic mass is 16.5. The molecule has 6 heteroatoms. The third kappa shape index (κ3) is 4.42. The van der Waals surface area contributed by atoms with Gasteiger partial charge in [-0.1, -0.05) is 42.2 Å². The van der Waals surface area contributed by atoms with E-state index in [-0.39, 0.29) is 18.9 Å². The van der Waals surface area contributed by atoms with Gasteiger partial charge in [-0.15, -0.1) is 0 Å². The van der Waals surface area contributed by atoms with Crippen LogP contribution in [-0.4, -0.2) is 23.7 Å². The van der Waals surface area contributed by atoms with E-state index in [1.165, 1.54) is 6.07 Å². The second-order valence-electron chi connectivity index (χ2n) is 5.39. The second-order valence-corrected chi connectivity index (χ2v) is 5.39. The number of carbonyl (C=O) groups is 2. The fourth-order valence-corrected chi connectivity index (χ4v) is 2.26. The van der Waals surface area contributed by atoms with Crippen molar-refractivity contribution in [3.8, 4) is 11.8 Å². The van der Waals surface area contributed by atoms with Crippen LogP contribution in [-0.2, 0) is 11.3 Å². The van der Waals surface area contributed by atoms with Gasteiger partial charge in [-0.2, -0.15) is 0 Å². The van der Waals surface area contributed by atoms with Crippen LogP contribution in [0.2, 0.25) is 0 Å². The van der Waals surface area contributed by atoms with Crippen LogP contribution in [0.5, 0.6) is 0 Å². The Hall–Kier alpha value is -3.72. The third-order valence-electron chi connectivity index (χ3n) is 3.49. The average Bonchev–Trinajstić information content (AvgIpc) is 3.08. The van der Waals surface area contributed by atoms with Crippen LogP contribution in [0.25, 0.3) is 11.0 Å². The molecule has 0 bridgehead atoms. The predicted octanol–water partition coefficient (Wildman–Crippen LogP) is 3.41. The number of carboxylic acid groups (broad SMARTS) is 1. The van der Waals surface area contributed by atoms with Gasteiger partial charge in [0.05, 0.1) is 6.54 Å². The maximum Gasteiger partial charge on any atom is 0.408 e. The Morgan fingerprint density at radius 1 is 1.12 bits per heavy atom. The Kier molecular flexibility index (Phi) is 5.20. The molecule has 0 spiro atoms. The summed E-state index contributed by atoms with van der Waals surface area (Å²) in [5.74, 6) is 4.48. The SMILES string of the molecule is O=C(NCC#Cc1ccc2oc(C(=O)O)cc2c1)OCc1ccccc1. The molecule has 1 heterocycles. The molecule has 1 amide bonds. The minimum atomic E-state index is -1.12. The lowest BCUT2D eigenvalue weighted by molar-refractivity contribution is 0.0665. The second kappa shape index (κ2) is 7.90. The van der Waals surface area contributed by atoms with Crippen molar-refractivity contribution in [2.75, 3.05) is 6.54 Å². The minimum Gasteiger partial charge on any atom is -0.475 e. The van der Waals surface area contributed by atoms with Crippen LogP contribution >= 0.6 is 0 Å². The number of hydrogen-bond acceptors (Lipinski definition) is 4. The molecule has 2 N–H and O–H groups in total. The number of aromatic carboxylic acids is 1. The Labute approximate surface area is 149 Å². The number of furan rings is 1. The zero-order valence-electron chi connectivity index (χ0n) is 13.7. The van der Waals surface area contributed by atoms with Crippen molar-refractivity contribution in [3.05, 3.63) is 71.5 Å². The smallest absolute Gasteiger partial charge is 0.408 e. The van der Waals surface area contributed by atoms with Crippen molar-refractivity contribution in [1.29, 1.82) is 0 Å². The molecule has 3 rings (SSSR count). The monoisotopic (exact) mass is 349 g/mol. The van der Waals surface area contributed by atoms with Crippen LogP contribution < -0.4 is 5.32 Å². The van der Waals surface area contributed by atoms with Crippen molar-refractivity contribution in [3.63, 3.8) is 0 Å². The van der Waals surface area contributed by atoms with Crippen LogP contribution in [0.15, 0.2) is 59.0 Å². The highest BCUT2D eigenvalue weighted by Crippen LogP contribution is 2.20. The van der Waals surface area contributed by atoms with Crippen molar-refractivity contribution in [2.45, 2.75) is 6.61 Å². The van der Waals surface area contributed by atoms with E-state index in [0.717, 1.165) is 5.56 Å². The molecule has 0 aliphatic rings. The third-order valence-corrected chi connectivity index (χ3v) is 3.49. The number of hydrogen-bond donors (Lipinski definition) is 2. The molecule has 0 fully saturated rings. The fraction of sp³-hybridized carbons (Fsp3) is 0.100. The molecule has 0 radical (unpaired) electrons. The minimum absolute atomic E-state index is 0.118. The summed E-state index contributed by atoms with van der Waals surface area (Å²) >= 11 is 0. The first kappa shape index (κ1) is 17.1. The molecule has 26 heavy (non-hydrogen) atoms. The number of amides is 1. The van der Waals surface area contributed by atoms with Crippen molar-refractivity contribution >= 4 is 23.0 Å². The van der Waals surface area contributed by atoms with Gasteiger partial charge >= 0.3 is 12.1 Å². The zero-order chi connectivity index (χ0) is 18.4. The summed E-state index contributed by atoms with van der Waals surface area (Å²) in [6, 6.07) is 15.9. The Morgan fingerprint density at radius 3 is 2.69 bits per heavy atom. The number of alkyl carbamates (subject to hydrolysis) is 1. The first-order valence-corrected chi connectivity index (χ1v) is 7.82. The molecule has 3 aromatic rings. The molecule has 0 saturated carbocycles. The molecule has 0 unspecified atom stereocenters. The molecular weight excluding hydrogens is 334 g/mol. The Bertz CT molecular complexity index is 995. The topological polar surface area (TPSA) is 88.8 Å². The Balaban J connectivity index is 1.52. The van der Waals surface area contributed by atoms with Gasteiger partial charge in [-0.05, 0) is 29.8 Å². The van der Waals surface area contributed by atoms with Crippen molar-refractivity contribution in [1.82, 2.24) is 5.32 Å². The van der Waals surface area contributed by atoms with Crippen LogP contribution in [0.3, 0.4) is 0 Å². The number of nitrogens with one attached hydrogen (secondary N) is 1. The van der Waals surface area contributed by atoms with E-state index in [0.29, 0.717) is 16.5 Å². The number of carbonyl (C=O) groups excluding carboxylic acids is 1. The van der Waals surface area contributed by atoms with Crippen LogP contribution in [0.4, 0.5) is 4.79 Å². The van der Waals surface area contributed by atoms with Gasteiger partial charge in [0.2, 0.25) is 5.76 Å². The van der Waals surface area contributed by atoms with Gasteiger partial charge in [0.15, 0.2) is 0 Å². The lowest BCUT2D eigenvalue weighted by Crippen LogP contribution is -2.24. The summed E-state index contributed by atoms with van der Waals surface area (Å²) in [5.41, 5.74) is 2.08. The number of rotatable bonds is 4. The van der Waals surface area contributed by atoms with E-state index in [4.69, 9.17) is 14.3 Å². The molecule has 2 aromatic carbocycles. The summed E-state index contributed by atoms with van der Waals surface area (Å²) < 4.78 is 10.3. The first-order chi connectivity index (χ1) is 12.6. The summed E-state index contributed by atoms with van der Waals surface area (Å²) in [4.78, 5) is 22.5. The molecular formula is C20H15NO5. The standard InChI is InChI=1S/C20H15NO5/c22-19(23)18-12-16-11-14(8-9-17(16)26-18)7-4-10-21-20(24)25-13-15-5-2-1-3-6-15/h1-3,5-6,8-9,11-12H,10,13H2,(H,21,24)(H,22,23). The van der Waals surface area contributed by atoms with Gasteiger partial charge in [0, 0.05) is 10.9 Å². The zero-order valence-corrected chi connectivity index (χ0v) is 13.7. The molecule has 1 aromatic heterocycles. The van der Waals surface area contributed by atoms with Crippen molar-refractivity contribution < 1.29 is 23.8 Å². The van der Waals surface area contributed by atoms with E-state index in [2.05, 4.69) is 17.2 Å². The molecule has 0 saturated heterocycles. The molecule has 0 atom stereocenters. The summed E-state index contributed by atoms with van der Waals surface area (Å²) in [7, 11) is 0. The van der Waals surface area contributed by atoms with E-state index in [1.807, 2.05) is 30.3 Å². The largest absolute Gasteiger partial charge is 0.475 e. The van der Waals surface area contributed by atoms with Crippen LogP contribution in [0.1, 0.15) is 21.7 Å². The fourth-order valence-electron chi connectivity index (χ4n) is 2.26. The van der Waals surface area contributed by atoms with Gasteiger partial charge in [0.1, 0.15) is 12.2 Å². The average molecular weight is 349 g/mol. The number of carboxylic acids is 1. The van der Waals surface area contributed by atoms with E-state index >= 15 is 0 Å². The summed E-state index contributed by atoms with van der Waals surface area (Å²) in [5, 5.41) is 12.1. The maximum absolute atomic E-state index is 11.6. The maximum atomic E-state index is 11.6. The Morgan fingerprint density at radius 2 is 1.92 bits per heavy atom. The number of ether oxygens (including phenoxy) is 1. The van der Waals surface area contributed by atoms with E-state index < -0.39 is 12.1 Å². The lowest BCUT2D eigenvalue weighted by atomic mass is 10.1.